The molecule has 0 aromatic rings. The van der Waals surface area contributed by atoms with E-state index in [1.165, 1.54) is 37.0 Å². The fourth-order valence-electron chi connectivity index (χ4n) is 4.99. The molecule has 0 radical (unpaired) electrons. The van der Waals surface area contributed by atoms with Gasteiger partial charge >= 0.3 is 6.03 Å². The molecule has 144 valence electrons. The van der Waals surface area contributed by atoms with Gasteiger partial charge in [-0.1, -0.05) is 19.3 Å². The lowest BCUT2D eigenvalue weighted by atomic mass is 9.89. The molecular weight excluding hydrogens is 334 g/mol. The summed E-state index contributed by atoms with van der Waals surface area (Å²) in [5, 5.41) is 2.89. The zero-order chi connectivity index (χ0) is 18.1. The first-order valence-corrected chi connectivity index (χ1v) is 10.1. The fourth-order valence-corrected chi connectivity index (χ4v) is 4.99. The van der Waals surface area contributed by atoms with Crippen LogP contribution in [0.25, 0.3) is 0 Å². The minimum Gasteiger partial charge on any atom is -0.381 e. The molecule has 0 aromatic carbocycles. The Kier molecular flexibility index (Phi) is 4.90. The van der Waals surface area contributed by atoms with Crippen molar-refractivity contribution in [2.24, 2.45) is 11.8 Å². The van der Waals surface area contributed by atoms with E-state index >= 15 is 0 Å². The van der Waals surface area contributed by atoms with Crippen molar-refractivity contribution in [2.75, 3.05) is 32.8 Å². The van der Waals surface area contributed by atoms with Gasteiger partial charge in [0.15, 0.2) is 0 Å². The van der Waals surface area contributed by atoms with Gasteiger partial charge in [0.2, 0.25) is 5.91 Å². The van der Waals surface area contributed by atoms with E-state index in [1.54, 1.807) is 0 Å². The molecule has 7 heteroatoms. The monoisotopic (exact) mass is 363 g/mol. The van der Waals surface area contributed by atoms with Crippen molar-refractivity contribution in [1.82, 2.24) is 15.1 Å². The molecule has 26 heavy (non-hydrogen) atoms. The van der Waals surface area contributed by atoms with Crippen molar-refractivity contribution in [3.63, 3.8) is 0 Å². The van der Waals surface area contributed by atoms with E-state index in [0.29, 0.717) is 51.5 Å². The molecule has 0 aromatic heterocycles. The van der Waals surface area contributed by atoms with Gasteiger partial charge in [-0.15, -0.1) is 0 Å². The minimum atomic E-state index is -0.778. The lowest BCUT2D eigenvalue weighted by Crippen LogP contribution is -2.51. The average molecular weight is 363 g/mol. The number of nitrogens with zero attached hydrogens (tertiary/aromatic N) is 2. The molecule has 1 spiro atoms. The molecule has 1 N–H and O–H groups in total. The van der Waals surface area contributed by atoms with Crippen LogP contribution in [0.15, 0.2) is 0 Å². The first-order chi connectivity index (χ1) is 12.6. The van der Waals surface area contributed by atoms with Crippen molar-refractivity contribution in [3.8, 4) is 0 Å². The Morgan fingerprint density at radius 1 is 1.00 bits per heavy atom. The maximum atomic E-state index is 12.8. The largest absolute Gasteiger partial charge is 0.381 e. The van der Waals surface area contributed by atoms with Crippen molar-refractivity contribution < 1.29 is 19.1 Å². The number of imide groups is 1. The summed E-state index contributed by atoms with van der Waals surface area (Å²) in [6.07, 6.45) is 7.79. The molecule has 1 saturated carbocycles. The van der Waals surface area contributed by atoms with E-state index in [9.17, 15) is 14.4 Å². The summed E-state index contributed by atoms with van der Waals surface area (Å²) in [6.45, 7) is 2.85. The van der Waals surface area contributed by atoms with Crippen molar-refractivity contribution in [1.29, 1.82) is 0 Å². The summed E-state index contributed by atoms with van der Waals surface area (Å²) >= 11 is 0. The number of hydrogen-bond donors (Lipinski definition) is 1. The Morgan fingerprint density at radius 3 is 2.46 bits per heavy atom. The number of ether oxygens (including phenoxy) is 1. The highest BCUT2D eigenvalue weighted by atomic mass is 16.5. The van der Waals surface area contributed by atoms with Gasteiger partial charge in [0.25, 0.3) is 5.91 Å². The Labute approximate surface area is 154 Å². The quantitative estimate of drug-likeness (QED) is 0.768. The zero-order valence-corrected chi connectivity index (χ0v) is 15.4. The van der Waals surface area contributed by atoms with Crippen LogP contribution in [0.4, 0.5) is 4.79 Å². The maximum absolute atomic E-state index is 12.8. The molecule has 1 aliphatic carbocycles. The first-order valence-electron chi connectivity index (χ1n) is 10.1. The summed E-state index contributed by atoms with van der Waals surface area (Å²) in [7, 11) is 0. The van der Waals surface area contributed by atoms with Crippen molar-refractivity contribution >= 4 is 17.8 Å². The lowest BCUT2D eigenvalue weighted by molar-refractivity contribution is -0.135. The van der Waals surface area contributed by atoms with Crippen LogP contribution in [0.5, 0.6) is 0 Å². The molecule has 4 rings (SSSR count). The number of nitrogens with one attached hydrogen (secondary N) is 1. The molecule has 4 aliphatic rings. The summed E-state index contributed by atoms with van der Waals surface area (Å²) in [5.74, 6) is 0.710. The van der Waals surface area contributed by atoms with E-state index in [4.69, 9.17) is 4.74 Å². The molecule has 3 heterocycles. The van der Waals surface area contributed by atoms with E-state index < -0.39 is 5.54 Å². The van der Waals surface area contributed by atoms with Crippen LogP contribution in [0.3, 0.4) is 0 Å². The zero-order valence-electron chi connectivity index (χ0n) is 15.4. The van der Waals surface area contributed by atoms with Gasteiger partial charge in [0.1, 0.15) is 5.54 Å². The van der Waals surface area contributed by atoms with E-state index in [0.717, 1.165) is 6.54 Å². The van der Waals surface area contributed by atoms with Crippen LogP contribution in [0.2, 0.25) is 0 Å². The van der Waals surface area contributed by atoms with Gasteiger partial charge in [-0.05, 0) is 18.8 Å². The second-order valence-corrected chi connectivity index (χ2v) is 8.41. The average Bonchev–Trinajstić information content (AvgIpc) is 3.09. The van der Waals surface area contributed by atoms with E-state index in [1.807, 2.05) is 4.90 Å². The van der Waals surface area contributed by atoms with Crippen LogP contribution in [0.1, 0.15) is 51.4 Å². The number of amides is 4. The molecule has 3 aliphatic heterocycles. The van der Waals surface area contributed by atoms with Crippen LogP contribution in [-0.2, 0) is 14.3 Å². The summed E-state index contributed by atoms with van der Waals surface area (Å²) in [5.41, 5.74) is -0.778. The number of hydrogen-bond acceptors (Lipinski definition) is 4. The SMILES string of the molecule is O=C1CC(CN2C(=O)NC3(CCOCC3)C2=O)CN1CC1CCCCC1. The molecule has 7 nitrogen and oxygen atoms in total. The summed E-state index contributed by atoms with van der Waals surface area (Å²) in [4.78, 5) is 40.9. The van der Waals surface area contributed by atoms with Crippen LogP contribution < -0.4 is 5.32 Å². The van der Waals surface area contributed by atoms with Gasteiger partial charge in [0, 0.05) is 58.0 Å². The first kappa shape index (κ1) is 17.8. The lowest BCUT2D eigenvalue weighted by Gasteiger charge is -2.30. The van der Waals surface area contributed by atoms with Gasteiger partial charge in [0.05, 0.1) is 0 Å². The predicted molar refractivity (Wildman–Crippen MR) is 94.3 cm³/mol. The fraction of sp³-hybridized carbons (Fsp3) is 0.842. The number of likely N-dealkylation sites (tertiary alicyclic amines) is 1. The third-order valence-corrected chi connectivity index (χ3v) is 6.53. The number of carbonyl (C=O) groups is 3. The molecule has 0 bridgehead atoms. The van der Waals surface area contributed by atoms with Gasteiger partial charge < -0.3 is 15.0 Å². The van der Waals surface area contributed by atoms with E-state index in [-0.39, 0.29) is 23.8 Å². The Balaban J connectivity index is 1.34. The highest BCUT2D eigenvalue weighted by Crippen LogP contribution is 2.31. The predicted octanol–water partition coefficient (Wildman–Crippen LogP) is 1.52. The highest BCUT2D eigenvalue weighted by Gasteiger charge is 2.52. The topological polar surface area (TPSA) is 79.0 Å². The molecule has 3 saturated heterocycles. The second kappa shape index (κ2) is 7.18. The van der Waals surface area contributed by atoms with Gasteiger partial charge in [-0.2, -0.15) is 0 Å². The van der Waals surface area contributed by atoms with Gasteiger partial charge in [-0.25, -0.2) is 4.79 Å². The standard InChI is InChI=1S/C19H29N3O4/c23-16-10-15(12-21(16)11-14-4-2-1-3-5-14)13-22-17(24)19(20-18(22)25)6-8-26-9-7-19/h14-15H,1-13H2,(H,20,25). The number of carbonyl (C=O) groups excluding carboxylic acids is 3. The molecule has 4 amide bonds. The van der Waals surface area contributed by atoms with Crippen LogP contribution >= 0.6 is 0 Å². The molecule has 1 unspecified atom stereocenters. The smallest absolute Gasteiger partial charge is 0.325 e. The third-order valence-electron chi connectivity index (χ3n) is 6.53. The summed E-state index contributed by atoms with van der Waals surface area (Å²) < 4.78 is 5.34. The Bertz CT molecular complexity index is 581. The van der Waals surface area contributed by atoms with Crippen LogP contribution in [0, 0.1) is 11.8 Å². The van der Waals surface area contributed by atoms with Crippen LogP contribution in [-0.4, -0.2) is 66.0 Å². The Morgan fingerprint density at radius 2 is 1.73 bits per heavy atom. The molecule has 4 fully saturated rings. The minimum absolute atomic E-state index is 0.0516. The summed E-state index contributed by atoms with van der Waals surface area (Å²) in [6, 6.07) is -0.310. The van der Waals surface area contributed by atoms with Crippen molar-refractivity contribution in [2.45, 2.75) is 56.9 Å². The maximum Gasteiger partial charge on any atom is 0.325 e. The van der Waals surface area contributed by atoms with Gasteiger partial charge in [-0.3, -0.25) is 14.5 Å². The highest BCUT2D eigenvalue weighted by molar-refractivity contribution is 6.07. The Hall–Kier alpha value is -1.63. The number of rotatable bonds is 4. The number of urea groups is 1. The molecule has 1 atom stereocenters. The van der Waals surface area contributed by atoms with Crippen molar-refractivity contribution in [3.05, 3.63) is 0 Å². The molecular formula is C19H29N3O4. The third kappa shape index (κ3) is 3.33. The normalized spacial score (nSPS) is 29.7. The van der Waals surface area contributed by atoms with E-state index in [2.05, 4.69) is 5.32 Å². The second-order valence-electron chi connectivity index (χ2n) is 8.41.